The first kappa shape index (κ1) is 18.4. The Hall–Kier alpha value is -2.97. The second kappa shape index (κ2) is 7.95. The van der Waals surface area contributed by atoms with Crippen LogP contribution in [0.25, 0.3) is 0 Å². The Labute approximate surface area is 163 Å². The molecule has 0 atom stereocenters. The highest BCUT2D eigenvalue weighted by atomic mass is 16.5. The molecule has 4 rings (SSSR count). The molecule has 0 N–H and O–H groups in total. The number of carbonyl (C=O) groups excluding carboxylic acids is 1. The summed E-state index contributed by atoms with van der Waals surface area (Å²) in [7, 11) is 0. The molecule has 4 heterocycles. The van der Waals surface area contributed by atoms with Gasteiger partial charge in [-0.25, -0.2) is 0 Å². The predicted octanol–water partition coefficient (Wildman–Crippen LogP) is 1.79. The third-order valence-corrected chi connectivity index (χ3v) is 5.25. The molecule has 0 aromatic carbocycles. The van der Waals surface area contributed by atoms with Gasteiger partial charge in [-0.15, -0.1) is 10.2 Å². The summed E-state index contributed by atoms with van der Waals surface area (Å²) in [6, 6.07) is 3.72. The normalized spacial score (nSPS) is 15.3. The molecule has 1 aliphatic rings. The molecule has 0 unspecified atom stereocenters. The van der Waals surface area contributed by atoms with Crippen LogP contribution in [0.1, 0.15) is 48.8 Å². The quantitative estimate of drug-likeness (QED) is 0.644. The Bertz CT molecular complexity index is 920. The van der Waals surface area contributed by atoms with Gasteiger partial charge in [-0.05, 0) is 32.8 Å². The first-order valence-electron chi connectivity index (χ1n) is 9.73. The Morgan fingerprint density at radius 2 is 2.11 bits per heavy atom. The molecule has 0 radical (unpaired) electrons. The number of aryl methyl sites for hydroxylation is 1. The van der Waals surface area contributed by atoms with Crippen molar-refractivity contribution in [1.29, 1.82) is 0 Å². The van der Waals surface area contributed by atoms with Crippen LogP contribution in [0, 0.1) is 6.92 Å². The molecule has 148 valence electrons. The highest BCUT2D eigenvalue weighted by Crippen LogP contribution is 2.28. The van der Waals surface area contributed by atoms with Gasteiger partial charge in [-0.3, -0.25) is 9.48 Å². The topological polar surface area (TPSA) is 94.9 Å². The molecule has 9 heteroatoms. The smallest absolute Gasteiger partial charge is 0.230 e. The second-order valence-corrected chi connectivity index (χ2v) is 7.19. The van der Waals surface area contributed by atoms with Crippen LogP contribution < -0.4 is 0 Å². The summed E-state index contributed by atoms with van der Waals surface area (Å²) in [6.45, 7) is 6.85. The molecule has 1 saturated heterocycles. The van der Waals surface area contributed by atoms with E-state index in [1.54, 1.807) is 6.20 Å². The molecule has 3 aromatic rings. The van der Waals surface area contributed by atoms with Crippen molar-refractivity contribution in [1.82, 2.24) is 34.6 Å². The summed E-state index contributed by atoms with van der Waals surface area (Å²) >= 11 is 0. The van der Waals surface area contributed by atoms with E-state index in [2.05, 4.69) is 31.9 Å². The van der Waals surface area contributed by atoms with Crippen molar-refractivity contribution in [2.45, 2.75) is 52.1 Å². The summed E-state index contributed by atoms with van der Waals surface area (Å²) in [5.74, 6) is 2.96. The Balaban J connectivity index is 1.38. The Morgan fingerprint density at radius 1 is 1.29 bits per heavy atom. The Morgan fingerprint density at radius 3 is 2.75 bits per heavy atom. The molecule has 1 amide bonds. The number of piperidine rings is 1. The zero-order valence-corrected chi connectivity index (χ0v) is 16.3. The van der Waals surface area contributed by atoms with Gasteiger partial charge in [0.25, 0.3) is 0 Å². The number of aromatic nitrogens is 6. The molecule has 1 aliphatic heterocycles. The van der Waals surface area contributed by atoms with Crippen LogP contribution in [0.5, 0.6) is 0 Å². The van der Waals surface area contributed by atoms with E-state index < -0.39 is 0 Å². The fourth-order valence-electron chi connectivity index (χ4n) is 3.80. The van der Waals surface area contributed by atoms with Gasteiger partial charge in [-0.2, -0.15) is 5.10 Å². The van der Waals surface area contributed by atoms with Crippen LogP contribution in [-0.2, 0) is 24.3 Å². The van der Waals surface area contributed by atoms with Crippen LogP contribution in [0.4, 0.5) is 0 Å². The lowest BCUT2D eigenvalue weighted by atomic mass is 9.95. The summed E-state index contributed by atoms with van der Waals surface area (Å²) < 4.78 is 9.20. The van der Waals surface area contributed by atoms with Crippen LogP contribution in [0.15, 0.2) is 29.0 Å². The van der Waals surface area contributed by atoms with Crippen molar-refractivity contribution in [2.24, 2.45) is 0 Å². The van der Waals surface area contributed by atoms with Gasteiger partial charge in [-0.1, -0.05) is 5.16 Å². The number of hydrogen-bond acceptors (Lipinski definition) is 6. The van der Waals surface area contributed by atoms with E-state index in [1.807, 2.05) is 34.8 Å². The van der Waals surface area contributed by atoms with Gasteiger partial charge in [0.2, 0.25) is 5.91 Å². The molecule has 0 bridgehead atoms. The number of likely N-dealkylation sites (tertiary alicyclic amines) is 1. The van der Waals surface area contributed by atoms with Crippen LogP contribution in [0.3, 0.4) is 0 Å². The second-order valence-electron chi connectivity index (χ2n) is 7.19. The van der Waals surface area contributed by atoms with Gasteiger partial charge >= 0.3 is 0 Å². The van der Waals surface area contributed by atoms with Crippen molar-refractivity contribution < 1.29 is 9.32 Å². The number of hydrogen-bond donors (Lipinski definition) is 0. The first-order valence-corrected chi connectivity index (χ1v) is 9.73. The van der Waals surface area contributed by atoms with Crippen molar-refractivity contribution in [3.8, 4) is 0 Å². The van der Waals surface area contributed by atoms with E-state index >= 15 is 0 Å². The average molecular weight is 383 g/mol. The highest BCUT2D eigenvalue weighted by molar-refractivity contribution is 5.78. The summed E-state index contributed by atoms with van der Waals surface area (Å²) in [6.07, 6.45) is 5.74. The van der Waals surface area contributed by atoms with Crippen LogP contribution in [-0.4, -0.2) is 53.6 Å². The lowest BCUT2D eigenvalue weighted by Crippen LogP contribution is -2.39. The minimum absolute atomic E-state index is 0.0888. The third-order valence-electron chi connectivity index (χ3n) is 5.25. The van der Waals surface area contributed by atoms with E-state index in [1.165, 1.54) is 0 Å². The molecule has 9 nitrogen and oxygen atoms in total. The minimum atomic E-state index is 0.0888. The molecular weight excluding hydrogens is 358 g/mol. The van der Waals surface area contributed by atoms with Crippen LogP contribution >= 0.6 is 0 Å². The Kier molecular flexibility index (Phi) is 5.23. The molecule has 0 spiro atoms. The van der Waals surface area contributed by atoms with E-state index in [0.717, 1.165) is 49.8 Å². The highest BCUT2D eigenvalue weighted by Gasteiger charge is 2.28. The number of nitrogens with zero attached hydrogens (tertiary/aromatic N) is 7. The number of amides is 1. The van der Waals surface area contributed by atoms with Crippen LogP contribution in [0.2, 0.25) is 0 Å². The van der Waals surface area contributed by atoms with Gasteiger partial charge in [0, 0.05) is 44.0 Å². The minimum Gasteiger partial charge on any atom is -0.361 e. The molecular formula is C19H25N7O2. The average Bonchev–Trinajstić information content (AvgIpc) is 3.44. The monoisotopic (exact) mass is 383 g/mol. The number of carbonyl (C=O) groups is 1. The molecule has 28 heavy (non-hydrogen) atoms. The number of rotatable bonds is 6. The largest absolute Gasteiger partial charge is 0.361 e. The maximum Gasteiger partial charge on any atom is 0.230 e. The lowest BCUT2D eigenvalue weighted by molar-refractivity contribution is -0.131. The van der Waals surface area contributed by atoms with Gasteiger partial charge in [0.15, 0.2) is 5.82 Å². The van der Waals surface area contributed by atoms with E-state index in [-0.39, 0.29) is 12.3 Å². The zero-order valence-electron chi connectivity index (χ0n) is 16.3. The SMILES string of the molecule is CCn1c(Cn2cccn2)nnc1C1CCN(C(=O)Cc2cc(C)no2)CC1. The first-order chi connectivity index (χ1) is 13.6. The summed E-state index contributed by atoms with van der Waals surface area (Å²) in [5, 5.41) is 17.0. The van der Waals surface area contributed by atoms with Crippen molar-refractivity contribution in [3.63, 3.8) is 0 Å². The molecule has 0 saturated carbocycles. The van der Waals surface area contributed by atoms with Crippen molar-refractivity contribution in [2.75, 3.05) is 13.1 Å². The molecule has 1 fully saturated rings. The van der Waals surface area contributed by atoms with Gasteiger partial charge in [0.1, 0.15) is 18.1 Å². The third kappa shape index (κ3) is 3.83. The van der Waals surface area contributed by atoms with E-state index in [0.29, 0.717) is 18.2 Å². The van der Waals surface area contributed by atoms with E-state index in [9.17, 15) is 4.79 Å². The molecule has 3 aromatic heterocycles. The zero-order chi connectivity index (χ0) is 19.5. The van der Waals surface area contributed by atoms with Crippen molar-refractivity contribution >= 4 is 5.91 Å². The standard InChI is InChI=1S/C19H25N7O2/c1-3-26-17(13-25-8-4-7-20-25)21-22-19(26)15-5-9-24(10-6-15)18(27)12-16-11-14(2)23-28-16/h4,7-8,11,15H,3,5-6,9-10,12-13H2,1-2H3. The lowest BCUT2D eigenvalue weighted by Gasteiger charge is -2.31. The summed E-state index contributed by atoms with van der Waals surface area (Å²) in [4.78, 5) is 14.4. The summed E-state index contributed by atoms with van der Waals surface area (Å²) in [5.41, 5.74) is 0.798. The fraction of sp³-hybridized carbons (Fsp3) is 0.526. The van der Waals surface area contributed by atoms with Crippen molar-refractivity contribution in [3.05, 3.63) is 47.6 Å². The maximum atomic E-state index is 12.5. The maximum absolute atomic E-state index is 12.5. The van der Waals surface area contributed by atoms with Gasteiger partial charge in [0.05, 0.1) is 12.1 Å². The fourth-order valence-corrected chi connectivity index (χ4v) is 3.80. The predicted molar refractivity (Wildman–Crippen MR) is 101 cm³/mol. The van der Waals surface area contributed by atoms with Gasteiger partial charge < -0.3 is 14.0 Å². The van der Waals surface area contributed by atoms with E-state index in [4.69, 9.17) is 4.52 Å². The molecule has 0 aliphatic carbocycles.